The van der Waals surface area contributed by atoms with Gasteiger partial charge in [-0.2, -0.15) is 0 Å². The molecule has 25 heavy (non-hydrogen) atoms. The van der Waals surface area contributed by atoms with Gasteiger partial charge in [-0.25, -0.2) is 0 Å². The van der Waals surface area contributed by atoms with E-state index in [2.05, 4.69) is 23.5 Å². The van der Waals surface area contributed by atoms with Gasteiger partial charge in [-0.15, -0.1) is 0 Å². The van der Waals surface area contributed by atoms with Crippen molar-refractivity contribution in [3.63, 3.8) is 0 Å². The molecule has 6 nitrogen and oxygen atoms in total. The van der Waals surface area contributed by atoms with Crippen LogP contribution < -0.4 is 10.2 Å². The molecule has 1 aliphatic rings. The number of amides is 1. The summed E-state index contributed by atoms with van der Waals surface area (Å²) in [6.45, 7) is 1.93. The van der Waals surface area contributed by atoms with Crippen LogP contribution in [0.1, 0.15) is 12.0 Å². The first-order valence-corrected chi connectivity index (χ1v) is 8.25. The second-order valence-corrected chi connectivity index (χ2v) is 6.05. The van der Waals surface area contributed by atoms with Crippen LogP contribution in [-0.4, -0.2) is 30.5 Å². The number of benzene rings is 2. The molecule has 1 unspecified atom stereocenters. The number of hydrogen-bond donors (Lipinski definition) is 2. The monoisotopic (exact) mass is 338 g/mol. The molecule has 0 bridgehead atoms. The van der Waals surface area contributed by atoms with Crippen molar-refractivity contribution in [1.29, 1.82) is 0 Å². The molecule has 0 saturated carbocycles. The van der Waals surface area contributed by atoms with Crippen LogP contribution in [0.15, 0.2) is 60.7 Å². The van der Waals surface area contributed by atoms with Crippen LogP contribution in [0.4, 0.5) is 11.4 Å². The summed E-state index contributed by atoms with van der Waals surface area (Å²) in [4.78, 5) is 23.9. The Labute approximate surface area is 145 Å². The molecule has 2 N–H and O–H groups in total. The van der Waals surface area contributed by atoms with Crippen molar-refractivity contribution in [1.82, 2.24) is 0 Å². The molecule has 0 saturated heterocycles. The Kier molecular flexibility index (Phi) is 5.20. The maximum atomic E-state index is 12.2. The minimum Gasteiger partial charge on any atom is -0.324 e. The van der Waals surface area contributed by atoms with Crippen molar-refractivity contribution in [2.24, 2.45) is 0 Å². The molecule has 1 aliphatic heterocycles. The molecule has 128 valence electrons. The van der Waals surface area contributed by atoms with Crippen LogP contribution in [0, 0.1) is 10.1 Å². The fourth-order valence-corrected chi connectivity index (χ4v) is 3.02. The molecule has 1 atom stereocenters. The summed E-state index contributed by atoms with van der Waals surface area (Å²) in [5.74, 6) is -0.208. The lowest BCUT2D eigenvalue weighted by Gasteiger charge is -2.23. The Bertz CT molecular complexity index is 803. The van der Waals surface area contributed by atoms with Crippen molar-refractivity contribution in [3.8, 4) is 0 Å². The van der Waals surface area contributed by atoms with Crippen molar-refractivity contribution in [2.75, 3.05) is 25.0 Å². The minimum absolute atomic E-state index is 0.0873. The van der Waals surface area contributed by atoms with Crippen molar-refractivity contribution >= 4 is 22.9 Å². The van der Waals surface area contributed by atoms with Gasteiger partial charge in [0.15, 0.2) is 6.54 Å². The molecule has 0 radical (unpaired) electrons. The third kappa shape index (κ3) is 4.30. The number of para-hydroxylation sites is 2. The van der Waals surface area contributed by atoms with E-state index >= 15 is 0 Å². The van der Waals surface area contributed by atoms with Gasteiger partial charge in [0, 0.05) is 12.5 Å². The third-order valence-corrected chi connectivity index (χ3v) is 4.31. The van der Waals surface area contributed by atoms with Gasteiger partial charge >= 0.3 is 0 Å². The van der Waals surface area contributed by atoms with Gasteiger partial charge in [0.25, 0.3) is 11.6 Å². The predicted octanol–water partition coefficient (Wildman–Crippen LogP) is 1.91. The van der Waals surface area contributed by atoms with Crippen LogP contribution in [0.2, 0.25) is 0 Å². The maximum absolute atomic E-state index is 12.2. The van der Waals surface area contributed by atoms with E-state index in [0.717, 1.165) is 24.4 Å². The number of carbonyl (C=O) groups excluding carboxylic acids is 1. The highest BCUT2D eigenvalue weighted by Gasteiger charge is 2.21. The lowest BCUT2D eigenvalue weighted by Crippen LogP contribution is -3.13. The largest absolute Gasteiger partial charge is 0.324 e. The number of nitrogens with zero attached hydrogens (tertiary/aromatic N) is 1. The van der Waals surface area contributed by atoms with E-state index in [9.17, 15) is 14.9 Å². The molecule has 0 spiro atoms. The van der Waals surface area contributed by atoms with Crippen molar-refractivity contribution in [3.05, 3.63) is 76.4 Å². The molecule has 2 aromatic rings. The topological polar surface area (TPSA) is 76.7 Å². The van der Waals surface area contributed by atoms with Gasteiger partial charge < -0.3 is 10.2 Å². The third-order valence-electron chi connectivity index (χ3n) is 4.31. The number of rotatable bonds is 5. The number of nitro benzene ring substituents is 1. The molecular formula is C19H20N3O3+. The van der Waals surface area contributed by atoms with E-state index in [0.29, 0.717) is 6.54 Å². The summed E-state index contributed by atoms with van der Waals surface area (Å²) in [6.07, 6.45) is 3.09. The summed E-state index contributed by atoms with van der Waals surface area (Å²) >= 11 is 0. The Morgan fingerprint density at radius 1 is 1.12 bits per heavy atom. The second-order valence-electron chi connectivity index (χ2n) is 6.05. The summed E-state index contributed by atoms with van der Waals surface area (Å²) in [6, 6.07) is 16.4. The van der Waals surface area contributed by atoms with E-state index in [-0.39, 0.29) is 17.3 Å². The van der Waals surface area contributed by atoms with Crippen molar-refractivity contribution < 1.29 is 14.6 Å². The fraction of sp³-hybridized carbons (Fsp3) is 0.211. The van der Waals surface area contributed by atoms with Gasteiger partial charge in [-0.1, -0.05) is 42.5 Å². The number of anilines is 1. The summed E-state index contributed by atoms with van der Waals surface area (Å²) in [7, 11) is 0. The highest BCUT2D eigenvalue weighted by Crippen LogP contribution is 2.22. The van der Waals surface area contributed by atoms with Crippen LogP contribution in [-0.2, 0) is 4.79 Å². The smallest absolute Gasteiger partial charge is 0.292 e. The van der Waals surface area contributed by atoms with Crippen LogP contribution in [0.3, 0.4) is 0 Å². The summed E-state index contributed by atoms with van der Waals surface area (Å²) in [5.41, 5.74) is 2.69. The van der Waals surface area contributed by atoms with Gasteiger partial charge in [0.1, 0.15) is 5.69 Å². The quantitative estimate of drug-likeness (QED) is 0.646. The highest BCUT2D eigenvalue weighted by atomic mass is 16.6. The maximum Gasteiger partial charge on any atom is 0.292 e. The standard InChI is InChI=1S/C19H19N3O3/c23-19(20-17-8-4-5-9-18(17)22(24)25)14-21-12-10-16(11-13-21)15-6-2-1-3-7-15/h1-10H,11-14H2,(H,20,23)/p+1. The number of carbonyl (C=O) groups is 1. The molecular weight excluding hydrogens is 318 g/mol. The van der Waals surface area contributed by atoms with Gasteiger partial charge in [-0.05, 0) is 23.3 Å². The van der Waals surface area contributed by atoms with E-state index < -0.39 is 4.92 Å². The normalized spacial score (nSPS) is 16.8. The predicted molar refractivity (Wildman–Crippen MR) is 96.3 cm³/mol. The van der Waals surface area contributed by atoms with E-state index in [1.807, 2.05) is 18.2 Å². The SMILES string of the molecule is O=C(C[NH+]1CC=C(c2ccccc2)CC1)Nc1ccccc1[N+](=O)[O-]. The van der Waals surface area contributed by atoms with Crippen LogP contribution in [0.5, 0.6) is 0 Å². The number of nitrogens with one attached hydrogen (secondary N) is 2. The number of nitro groups is 1. The lowest BCUT2D eigenvalue weighted by atomic mass is 10.00. The average Bonchev–Trinajstić information content (AvgIpc) is 2.63. The van der Waals surface area contributed by atoms with E-state index in [1.165, 1.54) is 17.2 Å². The number of hydrogen-bond acceptors (Lipinski definition) is 3. The zero-order valence-corrected chi connectivity index (χ0v) is 13.8. The fourth-order valence-electron chi connectivity index (χ4n) is 3.02. The number of quaternary nitrogens is 1. The molecule has 0 aromatic heterocycles. The summed E-state index contributed by atoms with van der Waals surface area (Å²) in [5, 5.41) is 13.7. The van der Waals surface area contributed by atoms with Gasteiger partial charge in [0.05, 0.1) is 18.0 Å². The van der Waals surface area contributed by atoms with Crippen LogP contribution in [0.25, 0.3) is 5.57 Å². The van der Waals surface area contributed by atoms with E-state index in [4.69, 9.17) is 0 Å². The Hall–Kier alpha value is -2.99. The lowest BCUT2D eigenvalue weighted by molar-refractivity contribution is -0.886. The van der Waals surface area contributed by atoms with Gasteiger partial charge in [-0.3, -0.25) is 14.9 Å². The molecule has 2 aromatic carbocycles. The first-order chi connectivity index (χ1) is 12.1. The molecule has 6 heteroatoms. The Balaban J connectivity index is 1.58. The summed E-state index contributed by atoms with van der Waals surface area (Å²) < 4.78 is 0. The molecule has 3 rings (SSSR count). The molecule has 1 amide bonds. The second kappa shape index (κ2) is 7.72. The van der Waals surface area contributed by atoms with Gasteiger partial charge in [0.2, 0.25) is 0 Å². The Morgan fingerprint density at radius 2 is 1.84 bits per heavy atom. The average molecular weight is 338 g/mol. The Morgan fingerprint density at radius 3 is 2.52 bits per heavy atom. The first kappa shape index (κ1) is 16.9. The molecule has 0 aliphatic carbocycles. The molecule has 0 fully saturated rings. The zero-order valence-electron chi connectivity index (χ0n) is 13.8. The first-order valence-electron chi connectivity index (χ1n) is 8.25. The highest BCUT2D eigenvalue weighted by molar-refractivity contribution is 5.93. The zero-order chi connectivity index (χ0) is 17.6. The van der Waals surface area contributed by atoms with E-state index in [1.54, 1.807) is 18.2 Å². The minimum atomic E-state index is -0.488. The molecule has 1 heterocycles. The van der Waals surface area contributed by atoms with Crippen molar-refractivity contribution in [2.45, 2.75) is 6.42 Å². The van der Waals surface area contributed by atoms with Crippen LogP contribution >= 0.6 is 0 Å².